The lowest BCUT2D eigenvalue weighted by Crippen LogP contribution is -2.66. The molecule has 0 unspecified atom stereocenters. The molecule has 4 fully saturated rings. The summed E-state index contributed by atoms with van der Waals surface area (Å²) in [4.78, 5) is 21.1. The molecule has 1 aromatic heterocycles. The monoisotopic (exact) mass is 633 g/mol. The predicted molar refractivity (Wildman–Crippen MR) is 172 cm³/mol. The molecule has 240 valence electrons. The quantitative estimate of drug-likeness (QED) is 0.221. The number of hydrogen-bond acceptors (Lipinski definition) is 7. The van der Waals surface area contributed by atoms with Crippen molar-refractivity contribution >= 4 is 24.6 Å². The maximum atomic E-state index is 15.5. The Bertz CT molecular complexity index is 1410. The number of carbonyl (C=O) groups excluding carboxylic acids is 1. The van der Waals surface area contributed by atoms with E-state index in [1.807, 2.05) is 36.4 Å². The normalized spacial score (nSPS) is 23.9. The summed E-state index contributed by atoms with van der Waals surface area (Å²) >= 11 is 0. The summed E-state index contributed by atoms with van der Waals surface area (Å²) in [6.45, 7) is 6.46. The first-order chi connectivity index (χ1) is 21.6. The number of methoxy groups -OCH3 is 1. The first-order valence-electron chi connectivity index (χ1n) is 16.0. The Morgan fingerprint density at radius 1 is 0.867 bits per heavy atom. The predicted octanol–water partition coefficient (Wildman–Crippen LogP) is 5.04. The van der Waals surface area contributed by atoms with E-state index in [0.29, 0.717) is 17.8 Å². The summed E-state index contributed by atoms with van der Waals surface area (Å²) < 4.78 is 39.0. The number of carbonyl (C=O) groups is 1. The van der Waals surface area contributed by atoms with Gasteiger partial charge < -0.3 is 24.0 Å². The molecule has 1 N–H and O–H groups in total. The average Bonchev–Trinajstić information content (AvgIpc) is 3.00. The minimum atomic E-state index is -2.79. The summed E-state index contributed by atoms with van der Waals surface area (Å²) in [7, 11) is -1.40. The van der Waals surface area contributed by atoms with Gasteiger partial charge in [-0.05, 0) is 71.7 Å². The highest BCUT2D eigenvalue weighted by Crippen LogP contribution is 2.55. The van der Waals surface area contributed by atoms with Gasteiger partial charge in [-0.3, -0.25) is 4.79 Å². The number of hydrogen-bond donors (Lipinski definition) is 1. The van der Waals surface area contributed by atoms with Crippen molar-refractivity contribution in [1.82, 2.24) is 15.3 Å². The summed E-state index contributed by atoms with van der Waals surface area (Å²) in [5.74, 6) is 0.234. The lowest BCUT2D eigenvalue weighted by Gasteiger charge is -2.56. The Morgan fingerprint density at radius 3 is 1.87 bits per heavy atom. The van der Waals surface area contributed by atoms with Crippen molar-refractivity contribution in [2.75, 3.05) is 26.9 Å². The van der Waals surface area contributed by atoms with Crippen molar-refractivity contribution in [3.8, 4) is 17.8 Å². The van der Waals surface area contributed by atoms with Gasteiger partial charge in [0.2, 0.25) is 5.82 Å². The molecule has 3 aromatic rings. The van der Waals surface area contributed by atoms with Gasteiger partial charge >= 0.3 is 6.01 Å². The summed E-state index contributed by atoms with van der Waals surface area (Å²) in [5, 5.41) is 5.32. The van der Waals surface area contributed by atoms with Gasteiger partial charge in [0.15, 0.2) is 6.61 Å². The van der Waals surface area contributed by atoms with Crippen LogP contribution in [-0.2, 0) is 9.22 Å². The Labute approximate surface area is 266 Å². The van der Waals surface area contributed by atoms with E-state index in [-0.39, 0.29) is 54.1 Å². The first-order valence-corrected chi connectivity index (χ1v) is 17.9. The Kier molecular flexibility index (Phi) is 8.89. The molecule has 0 radical (unpaired) electrons. The van der Waals surface area contributed by atoms with Crippen LogP contribution in [0.5, 0.6) is 17.8 Å². The lowest BCUT2D eigenvalue weighted by atomic mass is 9.53. The van der Waals surface area contributed by atoms with Crippen LogP contribution in [-0.4, -0.2) is 56.7 Å². The number of ether oxygens (including phenoxy) is 3. The summed E-state index contributed by atoms with van der Waals surface area (Å²) in [6, 6.07) is 20.4. The van der Waals surface area contributed by atoms with Gasteiger partial charge in [-0.1, -0.05) is 81.4 Å². The maximum absolute atomic E-state index is 15.5. The van der Waals surface area contributed by atoms with E-state index in [1.165, 1.54) is 26.4 Å². The van der Waals surface area contributed by atoms with E-state index in [1.54, 1.807) is 0 Å². The number of aromatic nitrogens is 2. The van der Waals surface area contributed by atoms with Gasteiger partial charge in [0, 0.05) is 5.54 Å². The minimum Gasteiger partial charge on any atom is -0.473 e. The molecule has 1 amide bonds. The van der Waals surface area contributed by atoms with Crippen molar-refractivity contribution in [2.45, 2.75) is 69.9 Å². The Balaban J connectivity index is 1.12. The summed E-state index contributed by atoms with van der Waals surface area (Å²) in [6.07, 6.45) is 6.91. The number of amides is 1. The van der Waals surface area contributed by atoms with Crippen LogP contribution in [0.3, 0.4) is 0 Å². The van der Waals surface area contributed by atoms with Crippen molar-refractivity contribution < 1.29 is 27.8 Å². The molecule has 4 bridgehead atoms. The largest absolute Gasteiger partial charge is 0.473 e. The van der Waals surface area contributed by atoms with Crippen LogP contribution in [0.2, 0.25) is 5.04 Å². The van der Waals surface area contributed by atoms with Gasteiger partial charge in [-0.2, -0.15) is 14.4 Å². The van der Waals surface area contributed by atoms with Crippen molar-refractivity contribution in [2.24, 2.45) is 17.8 Å². The Morgan fingerprint density at radius 2 is 1.38 bits per heavy atom. The van der Waals surface area contributed by atoms with E-state index < -0.39 is 14.1 Å². The molecule has 10 heteroatoms. The van der Waals surface area contributed by atoms with E-state index in [0.717, 1.165) is 29.6 Å². The van der Waals surface area contributed by atoms with Gasteiger partial charge in [-0.25, -0.2) is 0 Å². The van der Waals surface area contributed by atoms with Crippen LogP contribution in [0, 0.1) is 23.6 Å². The fraction of sp³-hybridized carbons (Fsp3) is 0.514. The lowest BCUT2D eigenvalue weighted by molar-refractivity contribution is -0.129. The van der Waals surface area contributed by atoms with Crippen LogP contribution in [0.4, 0.5) is 4.39 Å². The molecule has 0 saturated heterocycles. The zero-order valence-corrected chi connectivity index (χ0v) is 27.7. The molecule has 0 spiro atoms. The number of nitrogens with zero attached hydrogens (tertiary/aromatic N) is 2. The van der Waals surface area contributed by atoms with Gasteiger partial charge in [0.05, 0.1) is 13.7 Å². The Hall–Kier alpha value is -3.50. The van der Waals surface area contributed by atoms with E-state index >= 15 is 4.39 Å². The zero-order chi connectivity index (χ0) is 31.7. The van der Waals surface area contributed by atoms with Crippen LogP contribution >= 0.6 is 0 Å². The van der Waals surface area contributed by atoms with Crippen molar-refractivity contribution in [3.63, 3.8) is 0 Å². The van der Waals surface area contributed by atoms with Crippen LogP contribution in [0.25, 0.3) is 0 Å². The topological polar surface area (TPSA) is 91.8 Å². The molecule has 7 rings (SSSR count). The van der Waals surface area contributed by atoms with Crippen LogP contribution < -0.4 is 29.9 Å². The standard InChI is InChI=1S/C35H44FN3O5Si/c1-34(2,3)45(27-11-7-5-8-12-27,28-13-9-6-10-14-28)44-16-15-42-31-30(36)32(38-33(37-31)41-4)43-23-29(40)39-35-20-24-17-25(21-35)19-26(18-24)22-35/h5-14,24-26H,15-23H2,1-4H3,(H,39,40). The molecule has 4 aliphatic rings. The second-order valence-electron chi connectivity index (χ2n) is 14.0. The smallest absolute Gasteiger partial charge is 0.322 e. The molecule has 0 aliphatic heterocycles. The highest BCUT2D eigenvalue weighted by atomic mass is 28.4. The number of rotatable bonds is 12. The highest BCUT2D eigenvalue weighted by Gasteiger charge is 2.52. The minimum absolute atomic E-state index is 0.0352. The van der Waals surface area contributed by atoms with Crippen LogP contribution in [0.15, 0.2) is 60.7 Å². The molecule has 8 nitrogen and oxygen atoms in total. The van der Waals surface area contributed by atoms with E-state index in [2.05, 4.69) is 60.3 Å². The van der Waals surface area contributed by atoms with E-state index in [9.17, 15) is 4.79 Å². The molecule has 1 heterocycles. The van der Waals surface area contributed by atoms with Gasteiger partial charge in [-0.15, -0.1) is 0 Å². The summed E-state index contributed by atoms with van der Waals surface area (Å²) in [5.41, 5.74) is -0.156. The fourth-order valence-corrected chi connectivity index (χ4v) is 13.0. The SMILES string of the molecule is COc1nc(OCCO[Si](c2ccccc2)(c2ccccc2)C(C)(C)C)c(F)c(OCC(=O)NC23CC4CC(CC(C4)C2)C3)n1. The van der Waals surface area contributed by atoms with Gasteiger partial charge in [0.25, 0.3) is 26.0 Å². The average molecular weight is 634 g/mol. The molecule has 4 aliphatic carbocycles. The van der Waals surface area contributed by atoms with Crippen LogP contribution in [0.1, 0.15) is 59.3 Å². The molecule has 45 heavy (non-hydrogen) atoms. The van der Waals surface area contributed by atoms with Crippen molar-refractivity contribution in [1.29, 1.82) is 0 Å². The maximum Gasteiger partial charge on any atom is 0.322 e. The number of nitrogens with one attached hydrogen (secondary N) is 1. The second-order valence-corrected chi connectivity index (χ2v) is 18.3. The highest BCUT2D eigenvalue weighted by molar-refractivity contribution is 6.99. The second kappa shape index (κ2) is 12.7. The third kappa shape index (κ3) is 6.45. The molecule has 4 saturated carbocycles. The first kappa shape index (κ1) is 31.5. The molecule has 2 aromatic carbocycles. The number of benzene rings is 2. The van der Waals surface area contributed by atoms with E-state index in [4.69, 9.17) is 18.6 Å². The fourth-order valence-electron chi connectivity index (χ4n) is 8.50. The number of halogens is 1. The van der Waals surface area contributed by atoms with Gasteiger partial charge in [0.1, 0.15) is 6.61 Å². The molecular formula is C35H44FN3O5Si. The zero-order valence-electron chi connectivity index (χ0n) is 26.7. The molecule has 0 atom stereocenters. The third-order valence-corrected chi connectivity index (χ3v) is 14.8. The van der Waals surface area contributed by atoms with Crippen molar-refractivity contribution in [3.05, 3.63) is 66.5 Å². The third-order valence-electron chi connectivity index (χ3n) is 9.79. The molecular weight excluding hydrogens is 589 g/mol.